The number of morpholine rings is 1. The fraction of sp³-hybridized carbons (Fsp3) is 0.571. The van der Waals surface area contributed by atoms with Crippen molar-refractivity contribution in [2.24, 2.45) is 0 Å². The Labute approximate surface area is 133 Å². The number of thioether (sulfide) groups is 1. The zero-order valence-electron chi connectivity index (χ0n) is 12.8. The lowest BCUT2D eigenvalue weighted by atomic mass is 10.2. The highest BCUT2D eigenvalue weighted by atomic mass is 32.2. The maximum Gasteiger partial charge on any atom is 0.334 e. The van der Waals surface area contributed by atoms with Crippen molar-refractivity contribution >= 4 is 23.6 Å². The molecule has 8 heteroatoms. The van der Waals surface area contributed by atoms with Gasteiger partial charge in [0.2, 0.25) is 5.91 Å². The number of hydrogen-bond donors (Lipinski definition) is 1. The Hall–Kier alpha value is -1.67. The van der Waals surface area contributed by atoms with Crippen molar-refractivity contribution < 1.29 is 19.4 Å². The molecule has 1 saturated heterocycles. The predicted octanol–water partition coefficient (Wildman–Crippen LogP) is 0.886. The third-order valence-electron chi connectivity index (χ3n) is 3.17. The number of amides is 1. The lowest BCUT2D eigenvalue weighted by Crippen LogP contribution is -2.52. The number of aryl methyl sites for hydroxylation is 2. The Bertz CT molecular complexity index is 561. The van der Waals surface area contributed by atoms with E-state index in [1.54, 1.807) is 6.92 Å². The van der Waals surface area contributed by atoms with Gasteiger partial charge in [-0.25, -0.2) is 14.8 Å². The Morgan fingerprint density at radius 2 is 2.00 bits per heavy atom. The fourth-order valence-corrected chi connectivity index (χ4v) is 3.12. The average molecular weight is 325 g/mol. The highest BCUT2D eigenvalue weighted by molar-refractivity contribution is 7.99. The summed E-state index contributed by atoms with van der Waals surface area (Å²) in [7, 11) is 0. The topological polar surface area (TPSA) is 92.6 Å². The monoisotopic (exact) mass is 325 g/mol. The Morgan fingerprint density at radius 3 is 2.59 bits per heavy atom. The number of aromatic nitrogens is 2. The zero-order chi connectivity index (χ0) is 16.3. The van der Waals surface area contributed by atoms with Crippen LogP contribution in [-0.2, 0) is 14.3 Å². The number of carboxylic acids is 1. The van der Waals surface area contributed by atoms with Crippen LogP contribution in [0.25, 0.3) is 0 Å². The number of hydrogen-bond acceptors (Lipinski definition) is 6. The van der Waals surface area contributed by atoms with E-state index in [0.717, 1.165) is 11.4 Å². The molecule has 1 N–H and O–H groups in total. The van der Waals surface area contributed by atoms with Gasteiger partial charge < -0.3 is 14.7 Å². The summed E-state index contributed by atoms with van der Waals surface area (Å²) in [6.07, 6.45) is -1.25. The first-order valence-electron chi connectivity index (χ1n) is 6.96. The molecule has 120 valence electrons. The van der Waals surface area contributed by atoms with E-state index in [1.807, 2.05) is 19.9 Å². The number of rotatable bonds is 4. The second-order valence-corrected chi connectivity index (χ2v) is 6.24. The lowest BCUT2D eigenvalue weighted by Gasteiger charge is -2.34. The highest BCUT2D eigenvalue weighted by Crippen LogP contribution is 2.17. The van der Waals surface area contributed by atoms with Crippen molar-refractivity contribution in [3.05, 3.63) is 17.5 Å². The van der Waals surface area contributed by atoms with E-state index in [2.05, 4.69) is 9.97 Å². The van der Waals surface area contributed by atoms with E-state index in [-0.39, 0.29) is 24.3 Å². The van der Waals surface area contributed by atoms with Crippen molar-refractivity contribution in [3.63, 3.8) is 0 Å². The molecule has 0 spiro atoms. The summed E-state index contributed by atoms with van der Waals surface area (Å²) in [6.45, 7) is 5.99. The first-order valence-corrected chi connectivity index (χ1v) is 7.95. The van der Waals surface area contributed by atoms with Crippen LogP contribution < -0.4 is 0 Å². The van der Waals surface area contributed by atoms with Crippen molar-refractivity contribution in [2.75, 3.05) is 18.8 Å². The Kier molecular flexibility index (Phi) is 5.36. The van der Waals surface area contributed by atoms with Gasteiger partial charge in [-0.05, 0) is 26.8 Å². The van der Waals surface area contributed by atoms with Gasteiger partial charge in [0.25, 0.3) is 0 Å². The SMILES string of the molecule is Cc1cc(C)nc(SCC(=O)N2CC(C(=O)O)O[C@H](C)C2)n1. The summed E-state index contributed by atoms with van der Waals surface area (Å²) < 4.78 is 5.30. The molecule has 0 bridgehead atoms. The standard InChI is InChI=1S/C14H19N3O4S/c1-8-4-9(2)16-14(15-8)22-7-12(18)17-5-10(3)21-11(6-17)13(19)20/h4,10-11H,5-7H2,1-3H3,(H,19,20)/t10-,11?/m1/s1. The van der Waals surface area contributed by atoms with Gasteiger partial charge in [-0.3, -0.25) is 4.79 Å². The first kappa shape index (κ1) is 16.7. The lowest BCUT2D eigenvalue weighted by molar-refractivity contribution is -0.165. The van der Waals surface area contributed by atoms with Crippen LogP contribution in [0, 0.1) is 13.8 Å². The molecule has 2 rings (SSSR count). The Balaban J connectivity index is 1.95. The van der Waals surface area contributed by atoms with Crippen LogP contribution in [0.3, 0.4) is 0 Å². The van der Waals surface area contributed by atoms with E-state index in [1.165, 1.54) is 16.7 Å². The van der Waals surface area contributed by atoms with E-state index in [4.69, 9.17) is 9.84 Å². The van der Waals surface area contributed by atoms with Crippen LogP contribution in [-0.4, -0.2) is 62.9 Å². The maximum absolute atomic E-state index is 12.3. The van der Waals surface area contributed by atoms with Crippen molar-refractivity contribution in [3.8, 4) is 0 Å². The normalized spacial score (nSPS) is 21.7. The molecule has 1 aliphatic rings. The average Bonchev–Trinajstić information content (AvgIpc) is 2.43. The van der Waals surface area contributed by atoms with Crippen LogP contribution in [0.5, 0.6) is 0 Å². The number of ether oxygens (including phenoxy) is 1. The minimum Gasteiger partial charge on any atom is -0.479 e. The third-order valence-corrected chi connectivity index (χ3v) is 4.01. The highest BCUT2D eigenvalue weighted by Gasteiger charge is 2.32. The quantitative estimate of drug-likeness (QED) is 0.649. The summed E-state index contributed by atoms with van der Waals surface area (Å²) >= 11 is 1.26. The molecule has 1 aliphatic heterocycles. The van der Waals surface area contributed by atoms with E-state index < -0.39 is 12.1 Å². The molecule has 0 aliphatic carbocycles. The zero-order valence-corrected chi connectivity index (χ0v) is 13.6. The van der Waals surface area contributed by atoms with E-state index in [9.17, 15) is 9.59 Å². The Morgan fingerprint density at radius 1 is 1.36 bits per heavy atom. The summed E-state index contributed by atoms with van der Waals surface area (Å²) in [5.41, 5.74) is 1.71. The molecule has 1 aromatic heterocycles. The summed E-state index contributed by atoms with van der Waals surface area (Å²) in [4.78, 5) is 33.4. The van der Waals surface area contributed by atoms with Crippen LogP contribution >= 0.6 is 11.8 Å². The molecule has 1 amide bonds. The molecule has 7 nitrogen and oxygen atoms in total. The second kappa shape index (κ2) is 7.06. The van der Waals surface area contributed by atoms with Gasteiger partial charge in [0.15, 0.2) is 11.3 Å². The van der Waals surface area contributed by atoms with Crippen LogP contribution in [0.15, 0.2) is 11.2 Å². The number of carbonyl (C=O) groups is 2. The van der Waals surface area contributed by atoms with Crippen LogP contribution in [0.2, 0.25) is 0 Å². The van der Waals surface area contributed by atoms with Gasteiger partial charge in [0.05, 0.1) is 18.4 Å². The van der Waals surface area contributed by atoms with Gasteiger partial charge in [0.1, 0.15) is 0 Å². The first-order chi connectivity index (χ1) is 10.3. The maximum atomic E-state index is 12.3. The molecule has 1 unspecified atom stereocenters. The molecular formula is C14H19N3O4S. The van der Waals surface area contributed by atoms with Gasteiger partial charge in [-0.2, -0.15) is 0 Å². The van der Waals surface area contributed by atoms with Crippen molar-refractivity contribution in [1.82, 2.24) is 14.9 Å². The minimum absolute atomic E-state index is 0.0762. The van der Waals surface area contributed by atoms with Gasteiger partial charge in [0, 0.05) is 17.9 Å². The number of aliphatic carboxylic acids is 1. The minimum atomic E-state index is -1.05. The molecule has 1 fully saturated rings. The summed E-state index contributed by atoms with van der Waals surface area (Å²) in [6, 6.07) is 1.87. The van der Waals surface area contributed by atoms with Crippen LogP contribution in [0.1, 0.15) is 18.3 Å². The third kappa shape index (κ3) is 4.41. The predicted molar refractivity (Wildman–Crippen MR) is 80.8 cm³/mol. The van der Waals surface area contributed by atoms with E-state index >= 15 is 0 Å². The number of nitrogens with zero attached hydrogens (tertiary/aromatic N) is 3. The summed E-state index contributed by atoms with van der Waals surface area (Å²) in [5.74, 6) is -0.995. The van der Waals surface area contributed by atoms with Gasteiger partial charge in [-0.15, -0.1) is 0 Å². The largest absolute Gasteiger partial charge is 0.479 e. The fourth-order valence-electron chi connectivity index (χ4n) is 2.27. The molecule has 1 aromatic rings. The van der Waals surface area contributed by atoms with Crippen LogP contribution in [0.4, 0.5) is 0 Å². The van der Waals surface area contributed by atoms with Gasteiger partial charge >= 0.3 is 5.97 Å². The van der Waals surface area contributed by atoms with E-state index in [0.29, 0.717) is 11.7 Å². The van der Waals surface area contributed by atoms with Gasteiger partial charge in [-0.1, -0.05) is 11.8 Å². The van der Waals surface area contributed by atoms with Crippen molar-refractivity contribution in [1.29, 1.82) is 0 Å². The number of carbonyl (C=O) groups excluding carboxylic acids is 1. The number of carboxylic acid groups (broad SMARTS) is 1. The smallest absolute Gasteiger partial charge is 0.334 e. The second-order valence-electron chi connectivity index (χ2n) is 5.29. The molecule has 0 radical (unpaired) electrons. The summed E-state index contributed by atoms with van der Waals surface area (Å²) in [5, 5.41) is 9.59. The van der Waals surface area contributed by atoms with Crippen molar-refractivity contribution in [2.45, 2.75) is 38.1 Å². The molecule has 22 heavy (non-hydrogen) atoms. The molecular weight excluding hydrogens is 306 g/mol. The molecule has 0 saturated carbocycles. The molecule has 2 atom stereocenters. The molecule has 0 aromatic carbocycles. The molecule has 2 heterocycles.